The van der Waals surface area contributed by atoms with Gasteiger partial charge in [0, 0.05) is 44.6 Å². The summed E-state index contributed by atoms with van der Waals surface area (Å²) >= 11 is 0. The summed E-state index contributed by atoms with van der Waals surface area (Å²) in [7, 11) is 3.57. The van der Waals surface area contributed by atoms with Crippen molar-refractivity contribution in [1.29, 1.82) is 0 Å². The van der Waals surface area contributed by atoms with E-state index in [0.29, 0.717) is 18.7 Å². The Bertz CT molecular complexity index is 580. The van der Waals surface area contributed by atoms with Crippen molar-refractivity contribution in [3.63, 3.8) is 0 Å². The zero-order valence-electron chi connectivity index (χ0n) is 12.1. The van der Waals surface area contributed by atoms with Crippen LogP contribution in [0.2, 0.25) is 0 Å². The highest BCUT2D eigenvalue weighted by atomic mass is 19.1. The maximum absolute atomic E-state index is 13.4. The molecule has 1 heterocycles. The van der Waals surface area contributed by atoms with Gasteiger partial charge in [-0.05, 0) is 30.7 Å². The summed E-state index contributed by atoms with van der Waals surface area (Å²) in [6.45, 7) is 3.93. The Morgan fingerprint density at radius 3 is 2.90 bits per heavy atom. The Labute approximate surface area is 118 Å². The maximum atomic E-state index is 13.4. The fraction of sp³-hybridized carbons (Fsp3) is 0.400. The predicted molar refractivity (Wildman–Crippen MR) is 76.9 cm³/mol. The number of halogens is 1. The standard InChI is InChI=1S/C15H20FN3O/c1-11-8-12(4-5-14(11)16)15-13(10-19(2)18-15)9-17-6-7-20-3/h4-5,8,10,17H,6-7,9H2,1-3H3. The molecule has 0 fully saturated rings. The molecule has 0 amide bonds. The molecule has 0 spiro atoms. The molecule has 0 atom stereocenters. The van der Waals surface area contributed by atoms with Crippen LogP contribution in [-0.2, 0) is 18.3 Å². The number of nitrogens with one attached hydrogen (secondary N) is 1. The molecule has 0 unspecified atom stereocenters. The predicted octanol–water partition coefficient (Wildman–Crippen LogP) is 2.27. The average molecular weight is 277 g/mol. The molecule has 1 N–H and O–H groups in total. The van der Waals surface area contributed by atoms with Crippen molar-refractivity contribution in [2.75, 3.05) is 20.3 Å². The Morgan fingerprint density at radius 2 is 2.20 bits per heavy atom. The molecule has 20 heavy (non-hydrogen) atoms. The van der Waals surface area contributed by atoms with Gasteiger partial charge >= 0.3 is 0 Å². The number of hydrogen-bond acceptors (Lipinski definition) is 3. The Kier molecular flexibility index (Phi) is 4.87. The van der Waals surface area contributed by atoms with E-state index in [0.717, 1.165) is 23.4 Å². The molecule has 0 aliphatic rings. The normalized spacial score (nSPS) is 11.0. The van der Waals surface area contributed by atoms with Crippen LogP contribution in [0, 0.1) is 12.7 Å². The molecule has 108 valence electrons. The fourth-order valence-electron chi connectivity index (χ4n) is 2.10. The lowest BCUT2D eigenvalue weighted by Crippen LogP contribution is -2.18. The number of aromatic nitrogens is 2. The topological polar surface area (TPSA) is 39.1 Å². The number of ether oxygens (including phenoxy) is 1. The van der Waals surface area contributed by atoms with Gasteiger partial charge in [0.05, 0.1) is 12.3 Å². The number of nitrogens with zero attached hydrogens (tertiary/aromatic N) is 2. The molecule has 0 bridgehead atoms. The largest absolute Gasteiger partial charge is 0.383 e. The first-order chi connectivity index (χ1) is 9.61. The molecule has 2 rings (SSSR count). The molecule has 1 aromatic carbocycles. The summed E-state index contributed by atoms with van der Waals surface area (Å²) in [4.78, 5) is 0. The maximum Gasteiger partial charge on any atom is 0.126 e. The van der Waals surface area contributed by atoms with Gasteiger partial charge < -0.3 is 10.1 Å². The smallest absolute Gasteiger partial charge is 0.126 e. The molecule has 0 saturated heterocycles. The molecule has 4 nitrogen and oxygen atoms in total. The molecule has 0 radical (unpaired) electrons. The first kappa shape index (κ1) is 14.7. The van der Waals surface area contributed by atoms with Gasteiger partial charge in [0.25, 0.3) is 0 Å². The SMILES string of the molecule is COCCNCc1cn(C)nc1-c1ccc(F)c(C)c1. The van der Waals surface area contributed by atoms with Gasteiger partial charge in [-0.25, -0.2) is 4.39 Å². The van der Waals surface area contributed by atoms with E-state index in [1.54, 1.807) is 24.8 Å². The van der Waals surface area contributed by atoms with Gasteiger partial charge in [-0.1, -0.05) is 0 Å². The highest BCUT2D eigenvalue weighted by Crippen LogP contribution is 2.23. The van der Waals surface area contributed by atoms with Crippen molar-refractivity contribution in [3.05, 3.63) is 41.3 Å². The number of benzene rings is 1. The van der Waals surface area contributed by atoms with Gasteiger partial charge in [-0.15, -0.1) is 0 Å². The molecule has 2 aromatic rings. The number of rotatable bonds is 6. The first-order valence-electron chi connectivity index (χ1n) is 6.60. The minimum atomic E-state index is -0.190. The monoisotopic (exact) mass is 277 g/mol. The molecule has 0 aliphatic carbocycles. The molecule has 0 aliphatic heterocycles. The molecule has 5 heteroatoms. The van der Waals surface area contributed by atoms with Crippen LogP contribution in [0.15, 0.2) is 24.4 Å². The van der Waals surface area contributed by atoms with E-state index >= 15 is 0 Å². The second kappa shape index (κ2) is 6.63. The summed E-state index contributed by atoms with van der Waals surface area (Å²) in [5, 5.41) is 7.77. The fourth-order valence-corrected chi connectivity index (χ4v) is 2.10. The molecule has 1 aromatic heterocycles. The van der Waals surface area contributed by atoms with Crippen molar-refractivity contribution >= 4 is 0 Å². The molecular formula is C15H20FN3O. The van der Waals surface area contributed by atoms with Gasteiger partial charge in [0.1, 0.15) is 5.82 Å². The Morgan fingerprint density at radius 1 is 1.40 bits per heavy atom. The van der Waals surface area contributed by atoms with Gasteiger partial charge in [0.15, 0.2) is 0 Å². The zero-order valence-corrected chi connectivity index (χ0v) is 12.1. The van der Waals surface area contributed by atoms with Crippen LogP contribution < -0.4 is 5.32 Å². The van der Waals surface area contributed by atoms with Crippen molar-refractivity contribution in [3.8, 4) is 11.3 Å². The van der Waals surface area contributed by atoms with Crippen molar-refractivity contribution in [2.24, 2.45) is 7.05 Å². The van der Waals surface area contributed by atoms with E-state index in [-0.39, 0.29) is 5.82 Å². The van der Waals surface area contributed by atoms with E-state index in [9.17, 15) is 4.39 Å². The lowest BCUT2D eigenvalue weighted by Gasteiger charge is -2.06. The quantitative estimate of drug-likeness (QED) is 0.823. The third kappa shape index (κ3) is 3.43. The number of hydrogen-bond donors (Lipinski definition) is 1. The van der Waals surface area contributed by atoms with E-state index in [4.69, 9.17) is 4.74 Å². The van der Waals surface area contributed by atoms with Crippen molar-refractivity contribution < 1.29 is 9.13 Å². The van der Waals surface area contributed by atoms with Crippen molar-refractivity contribution in [2.45, 2.75) is 13.5 Å². The third-order valence-corrected chi connectivity index (χ3v) is 3.13. The van der Waals surface area contributed by atoms with Crippen LogP contribution in [0.3, 0.4) is 0 Å². The van der Waals surface area contributed by atoms with Gasteiger partial charge in [-0.3, -0.25) is 4.68 Å². The lowest BCUT2D eigenvalue weighted by atomic mass is 10.1. The second-order valence-corrected chi connectivity index (χ2v) is 4.81. The van der Waals surface area contributed by atoms with Crippen LogP contribution in [0.5, 0.6) is 0 Å². The minimum absolute atomic E-state index is 0.190. The first-order valence-corrected chi connectivity index (χ1v) is 6.60. The minimum Gasteiger partial charge on any atom is -0.383 e. The van der Waals surface area contributed by atoms with Crippen LogP contribution in [0.25, 0.3) is 11.3 Å². The average Bonchev–Trinajstić information content (AvgIpc) is 2.79. The number of aryl methyl sites for hydroxylation is 2. The van der Waals surface area contributed by atoms with E-state index in [1.165, 1.54) is 6.07 Å². The molecule has 0 saturated carbocycles. The van der Waals surface area contributed by atoms with E-state index < -0.39 is 0 Å². The summed E-state index contributed by atoms with van der Waals surface area (Å²) in [5.41, 5.74) is 3.55. The third-order valence-electron chi connectivity index (χ3n) is 3.13. The van der Waals surface area contributed by atoms with E-state index in [2.05, 4.69) is 10.4 Å². The lowest BCUT2D eigenvalue weighted by molar-refractivity contribution is 0.199. The van der Waals surface area contributed by atoms with Gasteiger partial charge in [-0.2, -0.15) is 5.10 Å². The second-order valence-electron chi connectivity index (χ2n) is 4.81. The Balaban J connectivity index is 2.20. The molecular weight excluding hydrogens is 257 g/mol. The highest BCUT2D eigenvalue weighted by molar-refractivity contribution is 5.63. The van der Waals surface area contributed by atoms with Crippen LogP contribution in [0.4, 0.5) is 4.39 Å². The van der Waals surface area contributed by atoms with Gasteiger partial charge in [0.2, 0.25) is 0 Å². The van der Waals surface area contributed by atoms with Crippen LogP contribution in [-0.4, -0.2) is 30.0 Å². The van der Waals surface area contributed by atoms with Crippen LogP contribution in [0.1, 0.15) is 11.1 Å². The number of methoxy groups -OCH3 is 1. The van der Waals surface area contributed by atoms with Crippen molar-refractivity contribution in [1.82, 2.24) is 15.1 Å². The Hall–Kier alpha value is -1.72. The summed E-state index contributed by atoms with van der Waals surface area (Å²) in [5.74, 6) is -0.190. The summed E-state index contributed by atoms with van der Waals surface area (Å²) in [6.07, 6.45) is 1.98. The summed E-state index contributed by atoms with van der Waals surface area (Å²) in [6, 6.07) is 5.08. The highest BCUT2D eigenvalue weighted by Gasteiger charge is 2.11. The zero-order chi connectivity index (χ0) is 14.5. The van der Waals surface area contributed by atoms with Crippen LogP contribution >= 0.6 is 0 Å². The summed E-state index contributed by atoms with van der Waals surface area (Å²) < 4.78 is 20.1. The van der Waals surface area contributed by atoms with E-state index in [1.807, 2.05) is 19.3 Å².